The third-order valence-corrected chi connectivity index (χ3v) is 3.72. The van der Waals surface area contributed by atoms with Gasteiger partial charge in [-0.25, -0.2) is 4.68 Å². The Morgan fingerprint density at radius 3 is 2.80 bits per heavy atom. The molecule has 3 heterocycles. The van der Waals surface area contributed by atoms with Crippen LogP contribution in [0, 0.1) is 0 Å². The summed E-state index contributed by atoms with van der Waals surface area (Å²) in [6.07, 6.45) is 6.09. The highest BCUT2D eigenvalue weighted by molar-refractivity contribution is 7.99. The van der Waals surface area contributed by atoms with Crippen LogP contribution >= 0.6 is 11.8 Å². The second-order valence-corrected chi connectivity index (χ2v) is 5.17. The SMILES string of the molecule is Nn1c(SCCc2ccncc2)nnc1-c1ccco1. The quantitative estimate of drug-likeness (QED) is 0.570. The molecule has 0 saturated carbocycles. The number of rotatable bonds is 5. The average Bonchev–Trinajstić information content (AvgIpc) is 3.11. The van der Waals surface area contributed by atoms with Crippen molar-refractivity contribution in [2.75, 3.05) is 11.6 Å². The van der Waals surface area contributed by atoms with Crippen LogP contribution in [-0.2, 0) is 6.42 Å². The molecule has 0 saturated heterocycles. The zero-order valence-electron chi connectivity index (χ0n) is 10.6. The van der Waals surface area contributed by atoms with E-state index >= 15 is 0 Å². The van der Waals surface area contributed by atoms with Crippen LogP contribution in [0.5, 0.6) is 0 Å². The highest BCUT2D eigenvalue weighted by Gasteiger charge is 2.13. The summed E-state index contributed by atoms with van der Waals surface area (Å²) >= 11 is 1.56. The zero-order valence-corrected chi connectivity index (χ0v) is 11.5. The van der Waals surface area contributed by atoms with E-state index in [0.29, 0.717) is 16.7 Å². The summed E-state index contributed by atoms with van der Waals surface area (Å²) in [5.74, 6) is 7.99. The lowest BCUT2D eigenvalue weighted by Gasteiger charge is -2.02. The third kappa shape index (κ3) is 2.67. The molecule has 102 valence electrons. The molecule has 0 aliphatic heterocycles. The summed E-state index contributed by atoms with van der Waals surface area (Å²) in [5, 5.41) is 8.80. The lowest BCUT2D eigenvalue weighted by atomic mass is 10.2. The zero-order chi connectivity index (χ0) is 13.8. The van der Waals surface area contributed by atoms with Crippen molar-refractivity contribution in [3.63, 3.8) is 0 Å². The highest BCUT2D eigenvalue weighted by atomic mass is 32.2. The molecule has 3 aromatic rings. The van der Waals surface area contributed by atoms with Gasteiger partial charge in [-0.2, -0.15) is 0 Å². The van der Waals surface area contributed by atoms with E-state index in [1.165, 1.54) is 10.2 Å². The monoisotopic (exact) mass is 287 g/mol. The van der Waals surface area contributed by atoms with Gasteiger partial charge in [-0.15, -0.1) is 10.2 Å². The maximum Gasteiger partial charge on any atom is 0.218 e. The number of nitrogens with two attached hydrogens (primary N) is 1. The van der Waals surface area contributed by atoms with Crippen molar-refractivity contribution in [1.82, 2.24) is 19.9 Å². The molecule has 0 unspecified atom stereocenters. The number of thioether (sulfide) groups is 1. The molecular weight excluding hydrogens is 274 g/mol. The van der Waals surface area contributed by atoms with E-state index in [0.717, 1.165) is 12.2 Å². The summed E-state index contributed by atoms with van der Waals surface area (Å²) in [5.41, 5.74) is 1.24. The predicted octanol–water partition coefficient (Wildman–Crippen LogP) is 1.98. The van der Waals surface area contributed by atoms with Crippen LogP contribution in [-0.4, -0.2) is 25.6 Å². The van der Waals surface area contributed by atoms with Crippen LogP contribution in [0.25, 0.3) is 11.6 Å². The molecule has 3 rings (SSSR count). The fraction of sp³-hybridized carbons (Fsp3) is 0.154. The Kier molecular flexibility index (Phi) is 3.69. The van der Waals surface area contributed by atoms with E-state index in [9.17, 15) is 0 Å². The number of hydrogen-bond acceptors (Lipinski definition) is 6. The van der Waals surface area contributed by atoms with E-state index in [-0.39, 0.29) is 0 Å². The molecule has 0 amide bonds. The predicted molar refractivity (Wildman–Crippen MR) is 76.5 cm³/mol. The maximum atomic E-state index is 5.97. The first-order chi connectivity index (χ1) is 9.84. The second kappa shape index (κ2) is 5.79. The molecule has 0 aromatic carbocycles. The number of pyridine rings is 1. The Balaban J connectivity index is 1.64. The number of nitrogens with zero attached hydrogens (tertiary/aromatic N) is 4. The molecule has 2 N–H and O–H groups in total. The van der Waals surface area contributed by atoms with Crippen LogP contribution in [0.2, 0.25) is 0 Å². The second-order valence-electron chi connectivity index (χ2n) is 4.11. The summed E-state index contributed by atoms with van der Waals surface area (Å²) < 4.78 is 6.72. The Morgan fingerprint density at radius 2 is 2.05 bits per heavy atom. The van der Waals surface area contributed by atoms with Gasteiger partial charge in [0, 0.05) is 18.1 Å². The van der Waals surface area contributed by atoms with Crippen molar-refractivity contribution in [1.29, 1.82) is 0 Å². The number of aromatic nitrogens is 4. The Hall–Kier alpha value is -2.28. The number of furan rings is 1. The Bertz CT molecular complexity index is 665. The molecule has 0 aliphatic carbocycles. The van der Waals surface area contributed by atoms with Gasteiger partial charge in [0.25, 0.3) is 0 Å². The van der Waals surface area contributed by atoms with E-state index in [1.54, 1.807) is 42.6 Å². The Labute approximate surface area is 120 Å². The molecule has 20 heavy (non-hydrogen) atoms. The molecule has 0 aliphatic rings. The molecule has 3 aromatic heterocycles. The normalized spacial score (nSPS) is 10.8. The lowest BCUT2D eigenvalue weighted by molar-refractivity contribution is 0.574. The molecule has 0 bridgehead atoms. The van der Waals surface area contributed by atoms with Crippen LogP contribution in [0.4, 0.5) is 0 Å². The first kappa shape index (κ1) is 12.7. The van der Waals surface area contributed by atoms with Crippen molar-refractivity contribution >= 4 is 11.8 Å². The fourth-order valence-electron chi connectivity index (χ4n) is 1.76. The van der Waals surface area contributed by atoms with Gasteiger partial charge in [-0.3, -0.25) is 4.98 Å². The Morgan fingerprint density at radius 1 is 1.20 bits per heavy atom. The van der Waals surface area contributed by atoms with Gasteiger partial charge in [0.2, 0.25) is 11.0 Å². The van der Waals surface area contributed by atoms with E-state index in [2.05, 4.69) is 15.2 Å². The molecule has 0 radical (unpaired) electrons. The first-order valence-corrected chi connectivity index (χ1v) is 7.09. The minimum absolute atomic E-state index is 0.529. The maximum absolute atomic E-state index is 5.97. The van der Waals surface area contributed by atoms with Crippen molar-refractivity contribution in [3.8, 4) is 11.6 Å². The van der Waals surface area contributed by atoms with Crippen LogP contribution < -0.4 is 5.84 Å². The molecular formula is C13H13N5OS. The van der Waals surface area contributed by atoms with Gasteiger partial charge in [0.15, 0.2) is 5.76 Å². The summed E-state index contributed by atoms with van der Waals surface area (Å²) in [6.45, 7) is 0. The summed E-state index contributed by atoms with van der Waals surface area (Å²) in [6, 6.07) is 7.60. The van der Waals surface area contributed by atoms with Crippen LogP contribution in [0.1, 0.15) is 5.56 Å². The summed E-state index contributed by atoms with van der Waals surface area (Å²) in [4.78, 5) is 3.99. The van der Waals surface area contributed by atoms with Crippen molar-refractivity contribution < 1.29 is 4.42 Å². The molecule has 0 spiro atoms. The minimum atomic E-state index is 0.529. The molecule has 6 nitrogen and oxygen atoms in total. The lowest BCUT2D eigenvalue weighted by Crippen LogP contribution is -2.11. The van der Waals surface area contributed by atoms with Gasteiger partial charge < -0.3 is 10.3 Å². The number of aryl methyl sites for hydroxylation is 1. The van der Waals surface area contributed by atoms with Gasteiger partial charge in [-0.05, 0) is 36.2 Å². The average molecular weight is 287 g/mol. The standard InChI is InChI=1S/C13H13N5OS/c14-18-12(11-2-1-8-19-11)16-17-13(18)20-9-5-10-3-6-15-7-4-10/h1-4,6-8H,5,9,14H2. The van der Waals surface area contributed by atoms with Gasteiger partial charge in [0.05, 0.1) is 6.26 Å². The smallest absolute Gasteiger partial charge is 0.218 e. The van der Waals surface area contributed by atoms with E-state index in [4.69, 9.17) is 10.3 Å². The number of hydrogen-bond donors (Lipinski definition) is 1. The van der Waals surface area contributed by atoms with Crippen molar-refractivity contribution in [2.45, 2.75) is 11.6 Å². The minimum Gasteiger partial charge on any atom is -0.461 e. The number of nitrogen functional groups attached to an aromatic ring is 1. The van der Waals surface area contributed by atoms with Gasteiger partial charge in [0.1, 0.15) is 0 Å². The van der Waals surface area contributed by atoms with Crippen molar-refractivity contribution in [2.24, 2.45) is 0 Å². The third-order valence-electron chi connectivity index (χ3n) is 2.78. The largest absolute Gasteiger partial charge is 0.461 e. The van der Waals surface area contributed by atoms with Crippen LogP contribution in [0.15, 0.2) is 52.5 Å². The molecule has 7 heteroatoms. The first-order valence-electron chi connectivity index (χ1n) is 6.10. The summed E-state index contributed by atoms with van der Waals surface area (Å²) in [7, 11) is 0. The van der Waals surface area contributed by atoms with Crippen LogP contribution in [0.3, 0.4) is 0 Å². The van der Waals surface area contributed by atoms with Gasteiger partial charge >= 0.3 is 0 Å². The van der Waals surface area contributed by atoms with Crippen molar-refractivity contribution in [3.05, 3.63) is 48.5 Å². The molecule has 0 atom stereocenters. The topological polar surface area (TPSA) is 82.8 Å². The fourth-order valence-corrected chi connectivity index (χ4v) is 2.60. The highest BCUT2D eigenvalue weighted by Crippen LogP contribution is 2.22. The molecule has 0 fully saturated rings. The van der Waals surface area contributed by atoms with Gasteiger partial charge in [-0.1, -0.05) is 11.8 Å². The van der Waals surface area contributed by atoms with E-state index in [1.807, 2.05) is 12.1 Å². The van der Waals surface area contributed by atoms with E-state index < -0.39 is 0 Å².